The molecule has 6 heteroatoms. The number of para-hydroxylation sites is 2. The molecule has 2 aromatic carbocycles. The van der Waals surface area contributed by atoms with Gasteiger partial charge in [0.15, 0.2) is 4.32 Å². The number of hydrogen-bond donors (Lipinski definition) is 0. The summed E-state index contributed by atoms with van der Waals surface area (Å²) < 4.78 is 11.6. The number of benzene rings is 2. The summed E-state index contributed by atoms with van der Waals surface area (Å²) in [6.45, 7) is 6.50. The van der Waals surface area contributed by atoms with Gasteiger partial charge in [0.25, 0.3) is 5.91 Å². The van der Waals surface area contributed by atoms with Gasteiger partial charge < -0.3 is 9.47 Å². The molecular weight excluding hydrogens is 378 g/mol. The minimum absolute atomic E-state index is 0.149. The van der Waals surface area contributed by atoms with E-state index >= 15 is 0 Å². The van der Waals surface area contributed by atoms with Gasteiger partial charge in [0.05, 0.1) is 17.2 Å². The van der Waals surface area contributed by atoms with Crippen LogP contribution in [0.1, 0.15) is 12.5 Å². The number of hydrogen-bond acceptors (Lipinski definition) is 5. The van der Waals surface area contributed by atoms with Crippen molar-refractivity contribution in [3.8, 4) is 11.5 Å². The van der Waals surface area contributed by atoms with Crippen LogP contribution in [-0.2, 0) is 4.79 Å². The van der Waals surface area contributed by atoms with E-state index in [0.29, 0.717) is 33.9 Å². The summed E-state index contributed by atoms with van der Waals surface area (Å²) >= 11 is 6.73. The summed E-state index contributed by atoms with van der Waals surface area (Å²) in [6.07, 6.45) is 3.53. The molecule has 27 heavy (non-hydrogen) atoms. The van der Waals surface area contributed by atoms with Crippen LogP contribution in [0.2, 0.25) is 0 Å². The molecule has 1 saturated heterocycles. The number of carbonyl (C=O) groups excluding carboxylic acids is 1. The summed E-state index contributed by atoms with van der Waals surface area (Å²) in [5.74, 6) is 1.25. The summed E-state index contributed by atoms with van der Waals surface area (Å²) in [5.41, 5.74) is 1.57. The van der Waals surface area contributed by atoms with Gasteiger partial charge in [-0.2, -0.15) is 0 Å². The monoisotopic (exact) mass is 397 g/mol. The van der Waals surface area contributed by atoms with Gasteiger partial charge in [0.1, 0.15) is 18.1 Å². The zero-order chi connectivity index (χ0) is 19.2. The lowest BCUT2D eigenvalue weighted by molar-refractivity contribution is -0.113. The smallest absolute Gasteiger partial charge is 0.270 e. The summed E-state index contributed by atoms with van der Waals surface area (Å²) in [6, 6.07) is 14.9. The van der Waals surface area contributed by atoms with Crippen molar-refractivity contribution in [2.75, 3.05) is 18.1 Å². The first-order valence-electron chi connectivity index (χ1n) is 8.47. The van der Waals surface area contributed by atoms with Crippen molar-refractivity contribution in [1.82, 2.24) is 0 Å². The second-order valence-corrected chi connectivity index (χ2v) is 7.26. The lowest BCUT2D eigenvalue weighted by Gasteiger charge is -2.18. The minimum atomic E-state index is -0.149. The second-order valence-electron chi connectivity index (χ2n) is 5.59. The van der Waals surface area contributed by atoms with Gasteiger partial charge in [0.2, 0.25) is 0 Å². The number of thiocarbonyl (C=S) groups is 1. The van der Waals surface area contributed by atoms with E-state index in [0.717, 1.165) is 11.3 Å². The molecule has 0 radical (unpaired) electrons. The quantitative estimate of drug-likeness (QED) is 0.371. The number of nitrogens with zero attached hydrogens (tertiary/aromatic N) is 1. The van der Waals surface area contributed by atoms with Gasteiger partial charge in [-0.3, -0.25) is 9.69 Å². The standard InChI is InChI=1S/C21H19NO3S2/c1-3-13-25-16-11-9-15(10-12-16)14-19-20(23)22(21(26)27-19)17-7-5-6-8-18(17)24-4-2/h3,5-12,14H,1,4,13H2,2H3/b19-14-. The Balaban J connectivity index is 1.84. The Bertz CT molecular complexity index is 891. The van der Waals surface area contributed by atoms with E-state index in [2.05, 4.69) is 6.58 Å². The molecule has 0 aliphatic carbocycles. The molecule has 3 rings (SSSR count). The fourth-order valence-corrected chi connectivity index (χ4v) is 3.85. The van der Waals surface area contributed by atoms with Crippen LogP contribution in [0.4, 0.5) is 5.69 Å². The topological polar surface area (TPSA) is 38.8 Å². The molecule has 1 amide bonds. The Hall–Kier alpha value is -2.57. The van der Waals surface area contributed by atoms with Gasteiger partial charge >= 0.3 is 0 Å². The maximum Gasteiger partial charge on any atom is 0.270 e. The molecule has 0 spiro atoms. The predicted octanol–water partition coefficient (Wildman–Crippen LogP) is 5.06. The van der Waals surface area contributed by atoms with Crippen LogP contribution in [0.25, 0.3) is 6.08 Å². The van der Waals surface area contributed by atoms with E-state index in [4.69, 9.17) is 21.7 Å². The number of rotatable bonds is 7. The fourth-order valence-electron chi connectivity index (χ4n) is 2.56. The van der Waals surface area contributed by atoms with Crippen molar-refractivity contribution in [1.29, 1.82) is 0 Å². The number of thioether (sulfide) groups is 1. The zero-order valence-corrected chi connectivity index (χ0v) is 16.5. The molecule has 2 aromatic rings. The summed E-state index contributed by atoms with van der Waals surface area (Å²) in [7, 11) is 0. The number of amides is 1. The van der Waals surface area contributed by atoms with E-state index in [9.17, 15) is 4.79 Å². The van der Waals surface area contributed by atoms with Crippen molar-refractivity contribution in [2.45, 2.75) is 6.92 Å². The maximum atomic E-state index is 12.9. The van der Waals surface area contributed by atoms with Crippen LogP contribution in [0.15, 0.2) is 66.1 Å². The molecule has 0 bridgehead atoms. The number of ether oxygens (including phenoxy) is 2. The fraction of sp³-hybridized carbons (Fsp3) is 0.143. The van der Waals surface area contributed by atoms with Crippen LogP contribution in [0, 0.1) is 0 Å². The van der Waals surface area contributed by atoms with Crippen LogP contribution in [0.5, 0.6) is 11.5 Å². The first kappa shape index (κ1) is 19.2. The van der Waals surface area contributed by atoms with Crippen molar-refractivity contribution in [2.24, 2.45) is 0 Å². The van der Waals surface area contributed by atoms with Crippen molar-refractivity contribution < 1.29 is 14.3 Å². The molecule has 138 valence electrons. The van der Waals surface area contributed by atoms with E-state index in [1.807, 2.05) is 61.5 Å². The molecule has 0 unspecified atom stereocenters. The van der Waals surface area contributed by atoms with Crippen LogP contribution >= 0.6 is 24.0 Å². The Labute approximate surface area is 168 Å². The van der Waals surface area contributed by atoms with E-state index < -0.39 is 0 Å². The van der Waals surface area contributed by atoms with Crippen molar-refractivity contribution >= 4 is 46.0 Å². The Kier molecular flexibility index (Phi) is 6.32. The maximum absolute atomic E-state index is 12.9. The molecule has 0 aromatic heterocycles. The Morgan fingerprint density at radius 3 is 2.59 bits per heavy atom. The highest BCUT2D eigenvalue weighted by atomic mass is 32.2. The normalized spacial score (nSPS) is 15.3. The zero-order valence-electron chi connectivity index (χ0n) is 14.9. The van der Waals surface area contributed by atoms with Gasteiger partial charge in [-0.15, -0.1) is 0 Å². The average Bonchev–Trinajstić information content (AvgIpc) is 2.95. The molecule has 1 fully saturated rings. The second kappa shape index (κ2) is 8.88. The molecule has 0 N–H and O–H groups in total. The molecule has 0 saturated carbocycles. The average molecular weight is 398 g/mol. The minimum Gasteiger partial charge on any atom is -0.492 e. The van der Waals surface area contributed by atoms with Gasteiger partial charge in [-0.05, 0) is 42.8 Å². The van der Waals surface area contributed by atoms with E-state index in [1.165, 1.54) is 16.7 Å². The highest BCUT2D eigenvalue weighted by Gasteiger charge is 2.34. The van der Waals surface area contributed by atoms with Crippen molar-refractivity contribution in [3.05, 3.63) is 71.7 Å². The highest BCUT2D eigenvalue weighted by Crippen LogP contribution is 2.39. The van der Waals surface area contributed by atoms with Crippen molar-refractivity contribution in [3.63, 3.8) is 0 Å². The molecular formula is C21H19NO3S2. The molecule has 0 atom stereocenters. The number of anilines is 1. The molecule has 1 aliphatic rings. The SMILES string of the molecule is C=CCOc1ccc(/C=C2\SC(=S)N(c3ccccc3OCC)C2=O)cc1. The molecule has 1 aliphatic heterocycles. The third-order valence-corrected chi connectivity index (χ3v) is 5.05. The number of carbonyl (C=O) groups is 1. The van der Waals surface area contributed by atoms with Crippen LogP contribution in [0.3, 0.4) is 0 Å². The Morgan fingerprint density at radius 2 is 1.89 bits per heavy atom. The summed E-state index contributed by atoms with van der Waals surface area (Å²) in [5, 5.41) is 0. The first-order chi connectivity index (χ1) is 13.1. The van der Waals surface area contributed by atoms with Gasteiger partial charge in [-0.25, -0.2) is 0 Å². The lowest BCUT2D eigenvalue weighted by Crippen LogP contribution is -2.28. The molecule has 1 heterocycles. The first-order valence-corrected chi connectivity index (χ1v) is 9.70. The largest absolute Gasteiger partial charge is 0.492 e. The van der Waals surface area contributed by atoms with Gasteiger partial charge in [-0.1, -0.05) is 60.9 Å². The van der Waals surface area contributed by atoms with E-state index in [-0.39, 0.29) is 5.91 Å². The third-order valence-electron chi connectivity index (χ3n) is 3.75. The van der Waals surface area contributed by atoms with E-state index in [1.54, 1.807) is 6.08 Å². The van der Waals surface area contributed by atoms with Crippen LogP contribution < -0.4 is 14.4 Å². The van der Waals surface area contributed by atoms with Crippen LogP contribution in [-0.4, -0.2) is 23.4 Å². The lowest BCUT2D eigenvalue weighted by atomic mass is 10.2. The Morgan fingerprint density at radius 1 is 1.15 bits per heavy atom. The van der Waals surface area contributed by atoms with Gasteiger partial charge in [0, 0.05) is 0 Å². The summed E-state index contributed by atoms with van der Waals surface area (Å²) in [4.78, 5) is 15.0. The molecule has 4 nitrogen and oxygen atoms in total. The third kappa shape index (κ3) is 4.40. The predicted molar refractivity (Wildman–Crippen MR) is 115 cm³/mol. The highest BCUT2D eigenvalue weighted by molar-refractivity contribution is 8.27.